The zero-order chi connectivity index (χ0) is 23.5. The van der Waals surface area contributed by atoms with E-state index in [0.29, 0.717) is 37.1 Å². The highest BCUT2D eigenvalue weighted by atomic mass is 16.5. The van der Waals surface area contributed by atoms with Crippen LogP contribution >= 0.6 is 0 Å². The number of nitrogens with zero attached hydrogens (tertiary/aromatic N) is 1. The molecule has 0 saturated heterocycles. The van der Waals surface area contributed by atoms with E-state index in [4.69, 9.17) is 10.5 Å². The molecule has 4 aromatic rings. The average molecular weight is 455 g/mol. The van der Waals surface area contributed by atoms with E-state index < -0.39 is 0 Å². The highest BCUT2D eigenvalue weighted by Gasteiger charge is 2.25. The lowest BCUT2D eigenvalue weighted by molar-refractivity contribution is 0.0986. The van der Waals surface area contributed by atoms with Gasteiger partial charge in [0.2, 0.25) is 0 Å². The van der Waals surface area contributed by atoms with Crippen molar-refractivity contribution in [2.24, 2.45) is 5.73 Å². The molecule has 1 atom stereocenters. The van der Waals surface area contributed by atoms with Crippen LogP contribution in [0.3, 0.4) is 0 Å². The minimum Gasteiger partial charge on any atom is -0.493 e. The van der Waals surface area contributed by atoms with E-state index in [1.807, 2.05) is 53.6 Å². The molecule has 3 aromatic carbocycles. The third-order valence-corrected chi connectivity index (χ3v) is 6.33. The van der Waals surface area contributed by atoms with Gasteiger partial charge in [-0.3, -0.25) is 4.79 Å². The van der Waals surface area contributed by atoms with Gasteiger partial charge in [-0.05, 0) is 85.8 Å². The van der Waals surface area contributed by atoms with E-state index >= 15 is 0 Å². The van der Waals surface area contributed by atoms with Crippen molar-refractivity contribution < 1.29 is 9.53 Å². The normalized spacial score (nSPS) is 15.5. The number of carbonyl (C=O) groups excluding carboxylic acids is 1. The van der Waals surface area contributed by atoms with Crippen LogP contribution in [-0.2, 0) is 0 Å². The number of rotatable bonds is 6. The summed E-state index contributed by atoms with van der Waals surface area (Å²) in [4.78, 5) is 18.8. The topological polar surface area (TPSA) is 83.4 Å². The number of H-pyrrole nitrogens is 1. The second kappa shape index (κ2) is 9.61. The van der Waals surface area contributed by atoms with E-state index in [-0.39, 0.29) is 5.91 Å². The van der Waals surface area contributed by atoms with Gasteiger partial charge in [-0.15, -0.1) is 0 Å². The lowest BCUT2D eigenvalue weighted by Gasteiger charge is -2.23. The van der Waals surface area contributed by atoms with Gasteiger partial charge in [0.25, 0.3) is 5.91 Å². The molecule has 1 amide bonds. The number of aromatic nitrogens is 1. The lowest BCUT2D eigenvalue weighted by Crippen LogP contribution is -2.32. The Bertz CT molecular complexity index is 1310. The largest absolute Gasteiger partial charge is 0.493 e. The summed E-state index contributed by atoms with van der Waals surface area (Å²) >= 11 is 0. The summed E-state index contributed by atoms with van der Waals surface area (Å²) in [7, 11) is 0. The smallest absolute Gasteiger partial charge is 0.258 e. The number of benzene rings is 3. The van der Waals surface area contributed by atoms with E-state index in [1.165, 1.54) is 0 Å². The van der Waals surface area contributed by atoms with Gasteiger partial charge >= 0.3 is 0 Å². The minimum absolute atomic E-state index is 0.0281. The van der Waals surface area contributed by atoms with Gasteiger partial charge in [0.1, 0.15) is 5.75 Å². The predicted octanol–water partition coefficient (Wildman–Crippen LogP) is 5.41. The third-order valence-electron chi connectivity index (χ3n) is 6.33. The molecule has 6 heteroatoms. The van der Waals surface area contributed by atoms with Crippen LogP contribution in [-0.4, -0.2) is 36.6 Å². The molecule has 2 heterocycles. The fraction of sp³-hybridized carbons (Fsp3) is 0.250. The van der Waals surface area contributed by atoms with Crippen molar-refractivity contribution in [3.8, 4) is 16.9 Å². The Labute approximate surface area is 199 Å². The number of hydrogen-bond donors (Lipinski definition) is 3. The summed E-state index contributed by atoms with van der Waals surface area (Å²) in [6, 6.07) is 22.4. The van der Waals surface area contributed by atoms with Crippen LogP contribution in [0.2, 0.25) is 0 Å². The zero-order valence-electron chi connectivity index (χ0n) is 19.4. The molecule has 4 N–H and O–H groups in total. The maximum atomic E-state index is 13.7. The van der Waals surface area contributed by atoms with E-state index in [9.17, 15) is 4.79 Å². The first-order valence-electron chi connectivity index (χ1n) is 11.9. The highest BCUT2D eigenvalue weighted by Crippen LogP contribution is 2.35. The number of aromatic amines is 1. The molecule has 34 heavy (non-hydrogen) atoms. The van der Waals surface area contributed by atoms with Crippen molar-refractivity contribution in [3.05, 3.63) is 78.5 Å². The number of nitrogens with two attached hydrogens (primary N) is 1. The molecule has 174 valence electrons. The fourth-order valence-electron chi connectivity index (χ4n) is 4.48. The molecule has 0 radical (unpaired) electrons. The molecule has 0 spiro atoms. The van der Waals surface area contributed by atoms with Gasteiger partial charge < -0.3 is 25.7 Å². The first kappa shape index (κ1) is 22.0. The molecule has 5 rings (SSSR count). The van der Waals surface area contributed by atoms with Crippen LogP contribution in [0.1, 0.15) is 30.1 Å². The number of anilines is 2. The molecular formula is C28H30N4O2. The standard InChI is InChI=1S/C28H30N4O2/c1-19-12-15-32(26-6-3-2-5-25(26)31-19)28(33)22-7-9-23(27(18-22)34-16-4-13-29)20-8-10-24-21(17-20)11-14-30-24/h2-3,5-11,14,17-19,30-31H,4,12-13,15-16,29H2,1H3. The van der Waals surface area contributed by atoms with Crippen molar-refractivity contribution >= 4 is 28.2 Å². The van der Waals surface area contributed by atoms with E-state index in [0.717, 1.165) is 46.2 Å². The van der Waals surface area contributed by atoms with E-state index in [1.54, 1.807) is 0 Å². The third kappa shape index (κ3) is 4.37. The predicted molar refractivity (Wildman–Crippen MR) is 139 cm³/mol. The average Bonchev–Trinajstić information content (AvgIpc) is 3.26. The maximum absolute atomic E-state index is 13.7. The quantitative estimate of drug-likeness (QED) is 0.340. The number of para-hydroxylation sites is 2. The van der Waals surface area contributed by atoms with Gasteiger partial charge in [-0.1, -0.05) is 18.2 Å². The Hall–Kier alpha value is -3.77. The summed E-state index contributed by atoms with van der Waals surface area (Å²) in [5.41, 5.74) is 11.3. The Morgan fingerprint density at radius 2 is 2.00 bits per heavy atom. The summed E-state index contributed by atoms with van der Waals surface area (Å²) in [6.07, 6.45) is 3.55. The summed E-state index contributed by atoms with van der Waals surface area (Å²) in [5, 5.41) is 4.65. The molecule has 1 unspecified atom stereocenters. The summed E-state index contributed by atoms with van der Waals surface area (Å²) in [6.45, 7) is 3.85. The van der Waals surface area contributed by atoms with Gasteiger partial charge in [0, 0.05) is 35.4 Å². The Kier molecular flexibility index (Phi) is 6.23. The van der Waals surface area contributed by atoms with Crippen LogP contribution in [0, 0.1) is 0 Å². The number of carbonyl (C=O) groups is 1. The van der Waals surface area contributed by atoms with Crippen LogP contribution in [0.4, 0.5) is 11.4 Å². The first-order valence-corrected chi connectivity index (χ1v) is 11.9. The lowest BCUT2D eigenvalue weighted by atomic mass is 10.0. The van der Waals surface area contributed by atoms with Gasteiger partial charge in [0.05, 0.1) is 18.0 Å². The zero-order valence-corrected chi connectivity index (χ0v) is 19.4. The molecular weight excluding hydrogens is 424 g/mol. The summed E-state index contributed by atoms with van der Waals surface area (Å²) in [5.74, 6) is 0.670. The SMILES string of the molecule is CC1CCN(C(=O)c2ccc(-c3ccc4[nH]ccc4c3)c(OCCCN)c2)c2ccccc2N1. The van der Waals surface area contributed by atoms with Crippen molar-refractivity contribution in [3.63, 3.8) is 0 Å². The fourth-order valence-corrected chi connectivity index (χ4v) is 4.48. The van der Waals surface area contributed by atoms with Gasteiger partial charge in [-0.25, -0.2) is 0 Å². The van der Waals surface area contributed by atoms with Gasteiger partial charge in [-0.2, -0.15) is 0 Å². The molecule has 0 saturated carbocycles. The number of nitrogens with one attached hydrogen (secondary N) is 2. The van der Waals surface area contributed by atoms with E-state index in [2.05, 4.69) is 41.5 Å². The highest BCUT2D eigenvalue weighted by molar-refractivity contribution is 6.08. The Morgan fingerprint density at radius 1 is 1.12 bits per heavy atom. The maximum Gasteiger partial charge on any atom is 0.258 e. The van der Waals surface area contributed by atoms with Crippen molar-refractivity contribution in [1.82, 2.24) is 4.98 Å². The number of ether oxygens (including phenoxy) is 1. The number of amides is 1. The molecule has 6 nitrogen and oxygen atoms in total. The van der Waals surface area contributed by atoms with Crippen LogP contribution < -0.4 is 20.7 Å². The molecule has 0 aliphatic carbocycles. The molecule has 0 bridgehead atoms. The second-order valence-electron chi connectivity index (χ2n) is 8.79. The van der Waals surface area contributed by atoms with Crippen molar-refractivity contribution in [1.29, 1.82) is 0 Å². The van der Waals surface area contributed by atoms with Crippen LogP contribution in [0.15, 0.2) is 72.9 Å². The second-order valence-corrected chi connectivity index (χ2v) is 8.79. The Morgan fingerprint density at radius 3 is 2.88 bits per heavy atom. The van der Waals surface area contributed by atoms with Crippen LogP contribution in [0.25, 0.3) is 22.0 Å². The first-order chi connectivity index (χ1) is 16.6. The monoisotopic (exact) mass is 454 g/mol. The molecule has 1 aliphatic heterocycles. The summed E-state index contributed by atoms with van der Waals surface area (Å²) < 4.78 is 6.14. The van der Waals surface area contributed by atoms with Crippen molar-refractivity contribution in [2.75, 3.05) is 29.9 Å². The van der Waals surface area contributed by atoms with Gasteiger partial charge in [0.15, 0.2) is 0 Å². The number of hydrogen-bond acceptors (Lipinski definition) is 4. The molecule has 1 aliphatic rings. The van der Waals surface area contributed by atoms with Crippen LogP contribution in [0.5, 0.6) is 5.75 Å². The molecule has 0 fully saturated rings. The molecule has 1 aromatic heterocycles. The Balaban J connectivity index is 1.52. The minimum atomic E-state index is -0.0281. The number of fused-ring (bicyclic) bond motifs is 2. The van der Waals surface area contributed by atoms with Crippen molar-refractivity contribution in [2.45, 2.75) is 25.8 Å².